The van der Waals surface area contributed by atoms with E-state index in [4.69, 9.17) is 4.74 Å². The van der Waals surface area contributed by atoms with Gasteiger partial charge in [-0.05, 0) is 19.4 Å². The van der Waals surface area contributed by atoms with Crippen molar-refractivity contribution in [2.75, 3.05) is 6.61 Å². The van der Waals surface area contributed by atoms with Crippen LogP contribution in [-0.4, -0.2) is 22.9 Å². The van der Waals surface area contributed by atoms with Gasteiger partial charge in [0.15, 0.2) is 5.78 Å². The summed E-state index contributed by atoms with van der Waals surface area (Å²) in [4.78, 5) is 25.6. The quantitative estimate of drug-likeness (QED) is 0.520. The topological polar surface area (TPSA) is 48.3 Å². The van der Waals surface area contributed by atoms with E-state index in [1.165, 1.54) is 0 Å². The molecule has 0 amide bonds. The molecule has 1 aliphatic rings. The number of rotatable bonds is 4. The van der Waals surface area contributed by atoms with E-state index < -0.39 is 5.97 Å². The number of carbonyl (C=O) groups excluding carboxylic acids is 2. The molecule has 0 radical (unpaired) electrons. The Morgan fingerprint density at radius 1 is 1.00 bits per heavy atom. The first-order valence-corrected chi connectivity index (χ1v) is 8.71. The fourth-order valence-electron chi connectivity index (χ4n) is 3.68. The Balaban J connectivity index is 1.96. The van der Waals surface area contributed by atoms with Crippen molar-refractivity contribution in [2.24, 2.45) is 0 Å². The van der Waals surface area contributed by atoms with Crippen LogP contribution in [0.4, 0.5) is 0 Å². The second-order valence-electron chi connectivity index (χ2n) is 6.35. The summed E-state index contributed by atoms with van der Waals surface area (Å²) in [6, 6.07) is 17.5. The normalized spacial score (nSPS) is 12.0. The van der Waals surface area contributed by atoms with Gasteiger partial charge in [0, 0.05) is 23.4 Å². The molecule has 0 saturated heterocycles. The minimum Gasteiger partial charge on any atom is -0.462 e. The van der Waals surface area contributed by atoms with Crippen molar-refractivity contribution in [3.05, 3.63) is 82.5 Å². The molecule has 2 aromatic carbocycles. The molecule has 0 atom stereocenters. The van der Waals surface area contributed by atoms with Crippen LogP contribution in [-0.2, 0) is 11.3 Å². The van der Waals surface area contributed by atoms with Gasteiger partial charge in [0.25, 0.3) is 0 Å². The average Bonchev–Trinajstić information content (AvgIpc) is 3.10. The zero-order valence-electron chi connectivity index (χ0n) is 14.8. The van der Waals surface area contributed by atoms with E-state index in [0.717, 1.165) is 22.5 Å². The molecule has 26 heavy (non-hydrogen) atoms. The third-order valence-corrected chi connectivity index (χ3v) is 4.84. The van der Waals surface area contributed by atoms with E-state index >= 15 is 0 Å². The lowest BCUT2D eigenvalue weighted by atomic mass is 10.1. The van der Waals surface area contributed by atoms with Crippen molar-refractivity contribution in [3.8, 4) is 11.3 Å². The Hall–Kier alpha value is -3.14. The lowest BCUT2D eigenvalue weighted by Crippen LogP contribution is -2.11. The lowest BCUT2D eigenvalue weighted by Gasteiger charge is -2.12. The van der Waals surface area contributed by atoms with E-state index in [-0.39, 0.29) is 12.4 Å². The molecule has 0 unspecified atom stereocenters. The van der Waals surface area contributed by atoms with Gasteiger partial charge in [-0.2, -0.15) is 0 Å². The third kappa shape index (κ3) is 2.37. The van der Waals surface area contributed by atoms with Crippen LogP contribution in [0.15, 0.2) is 54.6 Å². The fourth-order valence-corrected chi connectivity index (χ4v) is 3.68. The van der Waals surface area contributed by atoms with Crippen LogP contribution in [0.3, 0.4) is 0 Å². The van der Waals surface area contributed by atoms with Crippen LogP contribution in [0.1, 0.15) is 44.5 Å². The van der Waals surface area contributed by atoms with Crippen LogP contribution in [0.5, 0.6) is 0 Å². The van der Waals surface area contributed by atoms with Crippen molar-refractivity contribution >= 4 is 11.8 Å². The van der Waals surface area contributed by atoms with E-state index in [9.17, 15) is 9.59 Å². The summed E-state index contributed by atoms with van der Waals surface area (Å²) >= 11 is 0. The number of fused-ring (bicyclic) bond motifs is 3. The van der Waals surface area contributed by atoms with Gasteiger partial charge >= 0.3 is 5.97 Å². The van der Waals surface area contributed by atoms with Crippen molar-refractivity contribution in [1.29, 1.82) is 0 Å². The summed E-state index contributed by atoms with van der Waals surface area (Å²) in [6.45, 7) is 4.52. The highest BCUT2D eigenvalue weighted by atomic mass is 16.5. The first-order valence-electron chi connectivity index (χ1n) is 8.71. The van der Waals surface area contributed by atoms with Gasteiger partial charge in [-0.25, -0.2) is 4.79 Å². The largest absolute Gasteiger partial charge is 0.462 e. The Labute approximate surface area is 152 Å². The van der Waals surface area contributed by atoms with E-state index in [1.807, 2.05) is 61.5 Å². The second kappa shape index (κ2) is 6.30. The number of benzene rings is 2. The first kappa shape index (κ1) is 16.3. The summed E-state index contributed by atoms with van der Waals surface area (Å²) in [7, 11) is 0. The molecule has 0 N–H and O–H groups in total. The molecule has 0 aliphatic heterocycles. The molecule has 130 valence electrons. The molecule has 0 spiro atoms. The van der Waals surface area contributed by atoms with Gasteiger partial charge in [-0.1, -0.05) is 54.6 Å². The Morgan fingerprint density at radius 2 is 1.65 bits per heavy atom. The van der Waals surface area contributed by atoms with Gasteiger partial charge in [0.2, 0.25) is 0 Å². The zero-order chi connectivity index (χ0) is 18.3. The number of aromatic nitrogens is 1. The van der Waals surface area contributed by atoms with E-state index in [2.05, 4.69) is 4.57 Å². The van der Waals surface area contributed by atoms with Crippen LogP contribution in [0.2, 0.25) is 0 Å². The summed E-state index contributed by atoms with van der Waals surface area (Å²) < 4.78 is 7.30. The Morgan fingerprint density at radius 3 is 2.35 bits per heavy atom. The number of hydrogen-bond acceptors (Lipinski definition) is 3. The molecule has 1 aliphatic carbocycles. The molecular weight excluding hydrogens is 326 g/mol. The Bertz CT molecular complexity index is 1020. The van der Waals surface area contributed by atoms with Gasteiger partial charge < -0.3 is 9.30 Å². The highest BCUT2D eigenvalue weighted by molar-refractivity contribution is 6.25. The molecule has 4 rings (SSSR count). The maximum absolute atomic E-state index is 13.0. The van der Waals surface area contributed by atoms with Crippen LogP contribution in [0, 0.1) is 6.92 Å². The number of hydrogen-bond donors (Lipinski definition) is 0. The number of ether oxygens (including phenoxy) is 1. The molecule has 4 nitrogen and oxygen atoms in total. The minimum absolute atomic E-state index is 0.103. The number of ketones is 1. The Kier molecular flexibility index (Phi) is 3.96. The summed E-state index contributed by atoms with van der Waals surface area (Å²) in [5, 5.41) is 0. The first-order chi connectivity index (χ1) is 12.6. The van der Waals surface area contributed by atoms with E-state index in [1.54, 1.807) is 6.92 Å². The molecule has 0 fully saturated rings. The van der Waals surface area contributed by atoms with E-state index in [0.29, 0.717) is 23.2 Å². The minimum atomic E-state index is -0.436. The average molecular weight is 345 g/mol. The molecule has 1 aromatic heterocycles. The van der Waals surface area contributed by atoms with Gasteiger partial charge in [-0.15, -0.1) is 0 Å². The number of nitrogens with zero attached hydrogens (tertiary/aromatic N) is 1. The highest BCUT2D eigenvalue weighted by Gasteiger charge is 2.37. The molecule has 3 aromatic rings. The molecular formula is C22H19NO3. The maximum atomic E-state index is 13.0. The summed E-state index contributed by atoms with van der Waals surface area (Å²) in [5.41, 5.74) is 5.07. The molecule has 1 heterocycles. The summed E-state index contributed by atoms with van der Waals surface area (Å²) in [6.07, 6.45) is 0. The monoisotopic (exact) mass is 345 g/mol. The fraction of sp³-hybridized carbons (Fsp3) is 0.182. The van der Waals surface area contributed by atoms with Crippen LogP contribution in [0.25, 0.3) is 11.3 Å². The zero-order valence-corrected chi connectivity index (χ0v) is 14.8. The highest BCUT2D eigenvalue weighted by Crippen LogP contribution is 2.42. The lowest BCUT2D eigenvalue weighted by molar-refractivity contribution is 0.0523. The van der Waals surface area contributed by atoms with Gasteiger partial charge in [0.1, 0.15) is 0 Å². The number of carbonyl (C=O) groups is 2. The van der Waals surface area contributed by atoms with Crippen molar-refractivity contribution in [2.45, 2.75) is 20.4 Å². The molecule has 0 saturated carbocycles. The smallest absolute Gasteiger partial charge is 0.340 e. The standard InChI is InChI=1S/C22H19NO3/c1-3-26-22(25)18-14(2)23(13-15-9-5-4-6-10-15)20-16-11-7-8-12-17(16)21(24)19(18)20/h4-12H,3,13H2,1-2H3. The van der Waals surface area contributed by atoms with Crippen molar-refractivity contribution in [3.63, 3.8) is 0 Å². The van der Waals surface area contributed by atoms with Crippen molar-refractivity contribution < 1.29 is 14.3 Å². The number of esters is 1. The molecule has 4 heteroatoms. The van der Waals surface area contributed by atoms with Gasteiger partial charge in [0.05, 0.1) is 23.4 Å². The van der Waals surface area contributed by atoms with Crippen LogP contribution < -0.4 is 0 Å². The molecule has 0 bridgehead atoms. The van der Waals surface area contributed by atoms with Crippen LogP contribution >= 0.6 is 0 Å². The second-order valence-corrected chi connectivity index (χ2v) is 6.35. The maximum Gasteiger partial charge on any atom is 0.340 e. The predicted molar refractivity (Wildman–Crippen MR) is 99.5 cm³/mol. The van der Waals surface area contributed by atoms with Gasteiger partial charge in [-0.3, -0.25) is 4.79 Å². The van der Waals surface area contributed by atoms with Crippen molar-refractivity contribution in [1.82, 2.24) is 4.57 Å². The third-order valence-electron chi connectivity index (χ3n) is 4.84. The SMILES string of the molecule is CCOC(=O)c1c2c(n(Cc3ccccc3)c1C)-c1ccccc1C2=O. The summed E-state index contributed by atoms with van der Waals surface area (Å²) in [5.74, 6) is -0.539. The predicted octanol–water partition coefficient (Wildman–Crippen LogP) is 4.23.